The van der Waals surface area contributed by atoms with E-state index in [1.165, 1.54) is 0 Å². The van der Waals surface area contributed by atoms with Gasteiger partial charge in [-0.3, -0.25) is 9.59 Å². The van der Waals surface area contributed by atoms with Crippen molar-refractivity contribution in [2.24, 2.45) is 0 Å². The number of aryl methyl sites for hydroxylation is 1. The second kappa shape index (κ2) is 11.0. The molecule has 0 spiro atoms. The van der Waals surface area contributed by atoms with Crippen molar-refractivity contribution in [3.05, 3.63) is 82.9 Å². The molecule has 204 valence electrons. The van der Waals surface area contributed by atoms with Gasteiger partial charge in [0.05, 0.1) is 18.1 Å². The molecular formula is C32H41NO5. The SMILES string of the molecule is CCCC[C@H](CO)NC(=O)c1ccc(-c2cc(CC(=O)C3(c4ccc5c(c4)OCO5)CC3)ccc2C)cc1.[HH].[HH].[HH]. The van der Waals surface area contributed by atoms with E-state index in [1.54, 1.807) is 0 Å². The van der Waals surface area contributed by atoms with Crippen LogP contribution in [0.3, 0.4) is 0 Å². The summed E-state index contributed by atoms with van der Waals surface area (Å²) in [6.45, 7) is 4.30. The number of carbonyl (C=O) groups excluding carboxylic acids is 2. The Morgan fingerprint density at radius 3 is 2.50 bits per heavy atom. The summed E-state index contributed by atoms with van der Waals surface area (Å²) in [4.78, 5) is 26.2. The Bertz CT molecular complexity index is 1340. The molecule has 2 N–H and O–H groups in total. The predicted octanol–water partition coefficient (Wildman–Crippen LogP) is 6.25. The number of carbonyl (C=O) groups is 2. The third kappa shape index (κ3) is 5.32. The lowest BCUT2D eigenvalue weighted by Gasteiger charge is -2.17. The maximum Gasteiger partial charge on any atom is 0.251 e. The number of rotatable bonds is 11. The minimum Gasteiger partial charge on any atom is -0.454 e. The van der Waals surface area contributed by atoms with E-state index in [0.717, 1.165) is 65.7 Å². The van der Waals surface area contributed by atoms with Gasteiger partial charge in [0.15, 0.2) is 11.5 Å². The molecule has 0 aromatic heterocycles. The molecule has 0 bridgehead atoms. The quantitative estimate of drug-likeness (QED) is 0.313. The number of aliphatic hydroxyl groups is 1. The summed E-state index contributed by atoms with van der Waals surface area (Å²) < 4.78 is 11.0. The van der Waals surface area contributed by atoms with Gasteiger partial charge in [-0.2, -0.15) is 0 Å². The van der Waals surface area contributed by atoms with Gasteiger partial charge in [-0.05, 0) is 78.3 Å². The first-order valence-electron chi connectivity index (χ1n) is 13.5. The number of amides is 1. The summed E-state index contributed by atoms with van der Waals surface area (Å²) >= 11 is 0. The number of unbranched alkanes of at least 4 members (excludes halogenated alkanes) is 1. The van der Waals surface area contributed by atoms with E-state index >= 15 is 0 Å². The highest BCUT2D eigenvalue weighted by atomic mass is 16.7. The first kappa shape index (κ1) is 26.0. The monoisotopic (exact) mass is 519 g/mol. The molecule has 6 heteroatoms. The molecule has 1 aliphatic carbocycles. The lowest BCUT2D eigenvalue weighted by atomic mass is 9.87. The number of nitrogens with one attached hydrogen (secondary N) is 1. The van der Waals surface area contributed by atoms with Crippen molar-refractivity contribution in [3.8, 4) is 22.6 Å². The molecular weight excluding hydrogens is 478 g/mol. The van der Waals surface area contributed by atoms with Crippen LogP contribution in [0.5, 0.6) is 11.5 Å². The average Bonchev–Trinajstić information content (AvgIpc) is 3.62. The fraction of sp³-hybridized carbons (Fsp3) is 0.375. The van der Waals surface area contributed by atoms with Gasteiger partial charge in [0.1, 0.15) is 5.78 Å². The normalized spacial score (nSPS) is 15.7. The first-order valence-corrected chi connectivity index (χ1v) is 13.5. The van der Waals surface area contributed by atoms with Crippen molar-refractivity contribution < 1.29 is 28.4 Å². The Morgan fingerprint density at radius 1 is 1.03 bits per heavy atom. The second-order valence-electron chi connectivity index (χ2n) is 10.5. The van der Waals surface area contributed by atoms with Crippen LogP contribution < -0.4 is 14.8 Å². The molecule has 1 atom stereocenters. The van der Waals surface area contributed by atoms with Crippen LogP contribution in [0.15, 0.2) is 60.7 Å². The molecule has 1 fully saturated rings. The number of hydrogen-bond donors (Lipinski definition) is 2. The Balaban J connectivity index is 0.00000196. The van der Waals surface area contributed by atoms with E-state index < -0.39 is 5.41 Å². The topological polar surface area (TPSA) is 84.9 Å². The highest BCUT2D eigenvalue weighted by Gasteiger charge is 2.50. The summed E-state index contributed by atoms with van der Waals surface area (Å²) in [5, 5.41) is 12.5. The Kier molecular flexibility index (Phi) is 7.52. The predicted molar refractivity (Wildman–Crippen MR) is 153 cm³/mol. The fourth-order valence-corrected chi connectivity index (χ4v) is 5.22. The van der Waals surface area contributed by atoms with E-state index in [9.17, 15) is 14.7 Å². The van der Waals surface area contributed by atoms with Crippen LogP contribution >= 0.6 is 0 Å². The first-order chi connectivity index (χ1) is 18.4. The molecule has 1 aliphatic heterocycles. The molecule has 0 radical (unpaired) electrons. The molecule has 6 nitrogen and oxygen atoms in total. The summed E-state index contributed by atoms with van der Waals surface area (Å²) in [5.74, 6) is 1.48. The van der Waals surface area contributed by atoms with Crippen molar-refractivity contribution >= 4 is 11.7 Å². The van der Waals surface area contributed by atoms with Crippen LogP contribution in [0.4, 0.5) is 0 Å². The number of ketones is 1. The van der Waals surface area contributed by atoms with Crippen molar-refractivity contribution in [1.82, 2.24) is 5.32 Å². The molecule has 0 unspecified atom stereocenters. The molecule has 1 amide bonds. The Hall–Kier alpha value is -3.64. The van der Waals surface area contributed by atoms with Gasteiger partial charge in [-0.1, -0.05) is 56.2 Å². The zero-order valence-corrected chi connectivity index (χ0v) is 22.1. The molecule has 38 heavy (non-hydrogen) atoms. The van der Waals surface area contributed by atoms with Crippen LogP contribution in [0.2, 0.25) is 0 Å². The van der Waals surface area contributed by atoms with E-state index in [-0.39, 0.29) is 35.4 Å². The van der Waals surface area contributed by atoms with Crippen molar-refractivity contribution in [1.29, 1.82) is 0 Å². The molecule has 0 saturated heterocycles. The van der Waals surface area contributed by atoms with Crippen LogP contribution in [0, 0.1) is 6.92 Å². The number of hydrogen-bond acceptors (Lipinski definition) is 5. The zero-order chi connectivity index (χ0) is 26.7. The molecule has 3 aromatic rings. The van der Waals surface area contributed by atoms with Gasteiger partial charge in [0.25, 0.3) is 5.91 Å². The number of ether oxygens (including phenoxy) is 2. The Morgan fingerprint density at radius 2 is 1.79 bits per heavy atom. The maximum atomic E-state index is 13.5. The van der Waals surface area contributed by atoms with Gasteiger partial charge in [0.2, 0.25) is 6.79 Å². The maximum absolute atomic E-state index is 13.5. The highest BCUT2D eigenvalue weighted by Crippen LogP contribution is 2.51. The minimum atomic E-state index is -0.440. The number of fused-ring (bicyclic) bond motifs is 1. The number of Topliss-reactive ketones (excluding diaryl/α,β-unsaturated/α-hetero) is 1. The van der Waals surface area contributed by atoms with Gasteiger partial charge >= 0.3 is 0 Å². The molecule has 1 heterocycles. The Labute approximate surface area is 228 Å². The van der Waals surface area contributed by atoms with E-state index in [4.69, 9.17) is 9.47 Å². The largest absolute Gasteiger partial charge is 0.454 e. The third-order valence-corrected chi connectivity index (χ3v) is 7.80. The van der Waals surface area contributed by atoms with Gasteiger partial charge in [0, 0.05) is 16.3 Å². The third-order valence-electron chi connectivity index (χ3n) is 7.80. The van der Waals surface area contributed by atoms with E-state index in [1.807, 2.05) is 48.5 Å². The van der Waals surface area contributed by atoms with Crippen molar-refractivity contribution in [2.75, 3.05) is 13.4 Å². The summed E-state index contributed by atoms with van der Waals surface area (Å²) in [6.07, 6.45) is 4.80. The lowest BCUT2D eigenvalue weighted by Crippen LogP contribution is -2.37. The highest BCUT2D eigenvalue weighted by molar-refractivity contribution is 5.96. The van der Waals surface area contributed by atoms with Crippen molar-refractivity contribution in [2.45, 2.75) is 63.8 Å². The molecule has 5 rings (SSSR count). The summed E-state index contributed by atoms with van der Waals surface area (Å²) in [6, 6.07) is 19.3. The fourth-order valence-electron chi connectivity index (χ4n) is 5.22. The second-order valence-corrected chi connectivity index (χ2v) is 10.5. The standard InChI is InChI=1S/C32H35NO5.3H2/c1-3-4-5-26(19-34)33-31(36)24-10-8-23(9-11-24)27-16-22(7-6-21(27)2)17-30(35)32(14-15-32)25-12-13-28-29(18-25)38-20-37-28;;;/h6-13,16,18,26,34H,3-5,14-15,17,19-20H2,1-2H3,(H,33,36);3*1H/t26-;;;/m1.../s1. The van der Waals surface area contributed by atoms with E-state index in [2.05, 4.69) is 31.3 Å². The van der Waals surface area contributed by atoms with Crippen LogP contribution in [0.1, 0.15) is 70.4 Å². The van der Waals surface area contributed by atoms with Gasteiger partial charge in [-0.25, -0.2) is 0 Å². The lowest BCUT2D eigenvalue weighted by molar-refractivity contribution is -0.120. The average molecular weight is 520 g/mol. The minimum absolute atomic E-state index is 0. The summed E-state index contributed by atoms with van der Waals surface area (Å²) in [5.41, 5.74) is 5.26. The van der Waals surface area contributed by atoms with Crippen molar-refractivity contribution in [3.63, 3.8) is 0 Å². The molecule has 3 aromatic carbocycles. The summed E-state index contributed by atoms with van der Waals surface area (Å²) in [7, 11) is 0. The smallest absolute Gasteiger partial charge is 0.251 e. The zero-order valence-electron chi connectivity index (χ0n) is 22.1. The molecule has 2 aliphatic rings. The van der Waals surface area contributed by atoms with Gasteiger partial charge in [-0.15, -0.1) is 0 Å². The van der Waals surface area contributed by atoms with Crippen LogP contribution in [-0.2, 0) is 16.6 Å². The van der Waals surface area contributed by atoms with Crippen LogP contribution in [-0.4, -0.2) is 36.2 Å². The van der Waals surface area contributed by atoms with Gasteiger partial charge < -0.3 is 19.9 Å². The number of benzene rings is 3. The number of aliphatic hydroxyl groups excluding tert-OH is 1. The van der Waals surface area contributed by atoms with Crippen LogP contribution in [0.25, 0.3) is 11.1 Å². The molecule has 1 saturated carbocycles. The van der Waals surface area contributed by atoms with E-state index in [0.29, 0.717) is 17.7 Å².